The van der Waals surface area contributed by atoms with E-state index in [1.54, 1.807) is 4.90 Å². The van der Waals surface area contributed by atoms with Crippen LogP contribution in [0.1, 0.15) is 47.5 Å². The molecule has 1 aliphatic rings. The SMILES string of the molecule is CC(C)C(N)C(=O)NCC1CCCN(C(=O)OC(C)(C)C)C1. The molecule has 0 aromatic rings. The third kappa shape index (κ3) is 6.22. The van der Waals surface area contributed by atoms with E-state index < -0.39 is 11.6 Å². The number of rotatable bonds is 4. The summed E-state index contributed by atoms with van der Waals surface area (Å²) in [6, 6.07) is -0.481. The molecule has 128 valence electrons. The van der Waals surface area contributed by atoms with Crippen LogP contribution in [0.15, 0.2) is 0 Å². The molecule has 1 rings (SSSR count). The van der Waals surface area contributed by atoms with Gasteiger partial charge < -0.3 is 20.7 Å². The maximum absolute atomic E-state index is 12.1. The molecule has 6 nitrogen and oxygen atoms in total. The Morgan fingerprint density at radius 1 is 1.36 bits per heavy atom. The molecule has 0 radical (unpaired) electrons. The average Bonchev–Trinajstić information content (AvgIpc) is 2.42. The fraction of sp³-hybridized carbons (Fsp3) is 0.875. The van der Waals surface area contributed by atoms with Crippen LogP contribution in [0.2, 0.25) is 0 Å². The second-order valence-corrected chi connectivity index (χ2v) is 7.45. The van der Waals surface area contributed by atoms with Crippen molar-refractivity contribution in [2.24, 2.45) is 17.6 Å². The summed E-state index contributed by atoms with van der Waals surface area (Å²) in [5, 5.41) is 2.90. The molecule has 1 fully saturated rings. The summed E-state index contributed by atoms with van der Waals surface area (Å²) in [6.45, 7) is 11.3. The summed E-state index contributed by atoms with van der Waals surface area (Å²) < 4.78 is 5.40. The standard InChI is InChI=1S/C16H31N3O3/c1-11(2)13(17)14(20)18-9-12-7-6-8-19(10-12)15(21)22-16(3,4)5/h11-13H,6-10,17H2,1-5H3,(H,18,20). The lowest BCUT2D eigenvalue weighted by Gasteiger charge is -2.34. The number of likely N-dealkylation sites (tertiary alicyclic amines) is 1. The molecule has 0 saturated carbocycles. The zero-order valence-electron chi connectivity index (χ0n) is 14.5. The Morgan fingerprint density at radius 3 is 2.55 bits per heavy atom. The first-order valence-corrected chi connectivity index (χ1v) is 8.11. The second-order valence-electron chi connectivity index (χ2n) is 7.45. The third-order valence-corrected chi connectivity index (χ3v) is 3.76. The van der Waals surface area contributed by atoms with E-state index in [4.69, 9.17) is 10.5 Å². The Labute approximate surface area is 133 Å². The lowest BCUT2D eigenvalue weighted by molar-refractivity contribution is -0.123. The maximum atomic E-state index is 12.1. The van der Waals surface area contributed by atoms with Crippen molar-refractivity contribution in [1.82, 2.24) is 10.2 Å². The predicted molar refractivity (Wildman–Crippen MR) is 86.4 cm³/mol. The van der Waals surface area contributed by atoms with Crippen LogP contribution in [0.3, 0.4) is 0 Å². The minimum atomic E-state index is -0.484. The first-order chi connectivity index (χ1) is 10.1. The minimum absolute atomic E-state index is 0.115. The van der Waals surface area contributed by atoms with Crippen molar-refractivity contribution in [1.29, 1.82) is 0 Å². The molecule has 2 amide bonds. The van der Waals surface area contributed by atoms with Gasteiger partial charge in [-0.2, -0.15) is 0 Å². The highest BCUT2D eigenvalue weighted by molar-refractivity contribution is 5.81. The number of piperidine rings is 1. The maximum Gasteiger partial charge on any atom is 0.410 e. The Bertz CT molecular complexity index is 391. The van der Waals surface area contributed by atoms with E-state index in [0.29, 0.717) is 19.6 Å². The molecule has 1 saturated heterocycles. The lowest BCUT2D eigenvalue weighted by atomic mass is 9.97. The van der Waals surface area contributed by atoms with Crippen molar-refractivity contribution < 1.29 is 14.3 Å². The van der Waals surface area contributed by atoms with E-state index in [0.717, 1.165) is 12.8 Å². The summed E-state index contributed by atoms with van der Waals surface area (Å²) in [4.78, 5) is 25.7. The molecular formula is C16H31N3O3. The molecule has 0 aromatic heterocycles. The van der Waals surface area contributed by atoms with Gasteiger partial charge in [0.25, 0.3) is 0 Å². The smallest absolute Gasteiger partial charge is 0.410 e. The van der Waals surface area contributed by atoms with Crippen molar-refractivity contribution in [3.63, 3.8) is 0 Å². The number of carbonyl (C=O) groups is 2. The third-order valence-electron chi connectivity index (χ3n) is 3.76. The highest BCUT2D eigenvalue weighted by Gasteiger charge is 2.28. The van der Waals surface area contributed by atoms with Gasteiger partial charge in [0.2, 0.25) is 5.91 Å². The highest BCUT2D eigenvalue weighted by atomic mass is 16.6. The molecule has 2 unspecified atom stereocenters. The van der Waals surface area contributed by atoms with Gasteiger partial charge in [0.1, 0.15) is 5.60 Å². The van der Waals surface area contributed by atoms with Gasteiger partial charge in [0.05, 0.1) is 6.04 Å². The monoisotopic (exact) mass is 313 g/mol. The predicted octanol–water partition coefficient (Wildman–Crippen LogP) is 1.73. The number of hydrogen-bond acceptors (Lipinski definition) is 4. The van der Waals surface area contributed by atoms with Crippen molar-refractivity contribution in [3.05, 3.63) is 0 Å². The topological polar surface area (TPSA) is 84.7 Å². The number of nitrogens with two attached hydrogens (primary N) is 1. The number of carbonyl (C=O) groups excluding carboxylic acids is 2. The molecule has 1 aliphatic heterocycles. The lowest BCUT2D eigenvalue weighted by Crippen LogP contribution is -2.48. The van der Waals surface area contributed by atoms with Gasteiger partial charge in [-0.25, -0.2) is 4.79 Å². The largest absolute Gasteiger partial charge is 0.444 e. The van der Waals surface area contributed by atoms with Gasteiger partial charge in [0, 0.05) is 19.6 Å². The van der Waals surface area contributed by atoms with Crippen LogP contribution in [0.5, 0.6) is 0 Å². The number of ether oxygens (including phenoxy) is 1. The van der Waals surface area contributed by atoms with Crippen molar-refractivity contribution in [2.75, 3.05) is 19.6 Å². The summed E-state index contributed by atoms with van der Waals surface area (Å²) >= 11 is 0. The first-order valence-electron chi connectivity index (χ1n) is 8.11. The van der Waals surface area contributed by atoms with E-state index in [9.17, 15) is 9.59 Å². The van der Waals surface area contributed by atoms with Gasteiger partial charge in [-0.1, -0.05) is 13.8 Å². The van der Waals surface area contributed by atoms with Crippen molar-refractivity contribution >= 4 is 12.0 Å². The molecule has 0 aromatic carbocycles. The quantitative estimate of drug-likeness (QED) is 0.828. The van der Waals surface area contributed by atoms with Crippen LogP contribution in [0.25, 0.3) is 0 Å². The van der Waals surface area contributed by atoms with Crippen LogP contribution < -0.4 is 11.1 Å². The highest BCUT2D eigenvalue weighted by Crippen LogP contribution is 2.19. The normalized spacial score (nSPS) is 20.7. The molecule has 22 heavy (non-hydrogen) atoms. The zero-order chi connectivity index (χ0) is 16.9. The van der Waals surface area contributed by atoms with Gasteiger partial charge >= 0.3 is 6.09 Å². The van der Waals surface area contributed by atoms with Crippen LogP contribution in [0.4, 0.5) is 4.79 Å². The molecule has 6 heteroatoms. The van der Waals surface area contributed by atoms with E-state index in [2.05, 4.69) is 5.32 Å². The number of hydrogen-bond donors (Lipinski definition) is 2. The fourth-order valence-electron chi connectivity index (χ4n) is 2.39. The zero-order valence-corrected chi connectivity index (χ0v) is 14.5. The van der Waals surface area contributed by atoms with Crippen molar-refractivity contribution in [3.8, 4) is 0 Å². The van der Waals surface area contributed by atoms with Crippen LogP contribution in [0, 0.1) is 11.8 Å². The van der Waals surface area contributed by atoms with Crippen molar-refractivity contribution in [2.45, 2.75) is 59.1 Å². The molecule has 2 atom stereocenters. The fourth-order valence-corrected chi connectivity index (χ4v) is 2.39. The van der Waals surface area contributed by atoms with E-state index >= 15 is 0 Å². The van der Waals surface area contributed by atoms with Gasteiger partial charge in [-0.05, 0) is 45.4 Å². The Morgan fingerprint density at radius 2 is 2.00 bits per heavy atom. The molecule has 0 aliphatic carbocycles. The van der Waals surface area contributed by atoms with Crippen LogP contribution in [-0.2, 0) is 9.53 Å². The number of amides is 2. The van der Waals surface area contributed by atoms with E-state index in [1.165, 1.54) is 0 Å². The van der Waals surface area contributed by atoms with Gasteiger partial charge in [0.15, 0.2) is 0 Å². The molecular weight excluding hydrogens is 282 g/mol. The average molecular weight is 313 g/mol. The molecule has 0 bridgehead atoms. The number of nitrogens with one attached hydrogen (secondary N) is 1. The Kier molecular flexibility index (Phi) is 6.66. The Balaban J connectivity index is 2.44. The molecule has 0 spiro atoms. The summed E-state index contributed by atoms with van der Waals surface area (Å²) in [5.41, 5.74) is 5.34. The van der Waals surface area contributed by atoms with E-state index in [1.807, 2.05) is 34.6 Å². The van der Waals surface area contributed by atoms with Gasteiger partial charge in [-0.15, -0.1) is 0 Å². The number of nitrogens with zero attached hydrogens (tertiary/aromatic N) is 1. The molecule has 1 heterocycles. The van der Waals surface area contributed by atoms with Gasteiger partial charge in [-0.3, -0.25) is 4.79 Å². The first kappa shape index (κ1) is 18.7. The van der Waals surface area contributed by atoms with E-state index in [-0.39, 0.29) is 23.8 Å². The minimum Gasteiger partial charge on any atom is -0.444 e. The van der Waals surface area contributed by atoms with Crippen LogP contribution >= 0.6 is 0 Å². The Hall–Kier alpha value is -1.30. The van der Waals surface area contributed by atoms with Crippen LogP contribution in [-0.4, -0.2) is 48.2 Å². The second kappa shape index (κ2) is 7.81. The summed E-state index contributed by atoms with van der Waals surface area (Å²) in [5.74, 6) is 0.249. The summed E-state index contributed by atoms with van der Waals surface area (Å²) in [6.07, 6.45) is 1.65. The molecule has 3 N–H and O–H groups in total. The summed E-state index contributed by atoms with van der Waals surface area (Å²) in [7, 11) is 0.